The smallest absolute Gasteiger partial charge is 0.323 e. The third-order valence-electron chi connectivity index (χ3n) is 8.74. The number of rotatable bonds is 5. The number of nitrogens with zero attached hydrogens (tertiary/aromatic N) is 2. The van der Waals surface area contributed by atoms with E-state index >= 15 is 0 Å². The number of piperidine rings is 1. The van der Waals surface area contributed by atoms with E-state index in [1.165, 1.54) is 23.8 Å². The predicted octanol–water partition coefficient (Wildman–Crippen LogP) is 3.73. The minimum absolute atomic E-state index is 0.0114. The number of aromatic nitrogens is 1. The number of para-hydroxylation sites is 1. The van der Waals surface area contributed by atoms with Gasteiger partial charge in [-0.15, -0.1) is 0 Å². The zero-order valence-corrected chi connectivity index (χ0v) is 22.3. The highest BCUT2D eigenvalue weighted by Gasteiger charge is 2.49. The van der Waals surface area contributed by atoms with Gasteiger partial charge in [0.2, 0.25) is 5.91 Å². The Morgan fingerprint density at radius 1 is 1.05 bits per heavy atom. The van der Waals surface area contributed by atoms with Crippen LogP contribution in [0.25, 0.3) is 10.9 Å². The Bertz CT molecular complexity index is 1350. The molecule has 2 N–H and O–H groups in total. The van der Waals surface area contributed by atoms with E-state index in [0.717, 1.165) is 49.2 Å². The van der Waals surface area contributed by atoms with E-state index in [4.69, 9.17) is 9.47 Å². The largest absolute Gasteiger partial charge is 0.497 e. The Morgan fingerprint density at radius 2 is 1.87 bits per heavy atom. The average molecular weight is 517 g/mol. The molecule has 3 aromatic rings. The van der Waals surface area contributed by atoms with Gasteiger partial charge in [-0.05, 0) is 48.6 Å². The van der Waals surface area contributed by atoms with Crippen LogP contribution >= 0.6 is 0 Å². The van der Waals surface area contributed by atoms with Gasteiger partial charge in [0.1, 0.15) is 11.8 Å². The van der Waals surface area contributed by atoms with Crippen molar-refractivity contribution in [2.45, 2.75) is 62.8 Å². The highest BCUT2D eigenvalue weighted by molar-refractivity contribution is 5.87. The fraction of sp³-hybridized carbons (Fsp3) is 0.467. The maximum absolute atomic E-state index is 13.3. The van der Waals surface area contributed by atoms with Gasteiger partial charge in [-0.3, -0.25) is 19.4 Å². The summed E-state index contributed by atoms with van der Waals surface area (Å²) in [6.07, 6.45) is 3.36. The average Bonchev–Trinajstić information content (AvgIpc) is 3.56. The molecule has 0 saturated carbocycles. The van der Waals surface area contributed by atoms with Crippen LogP contribution in [-0.4, -0.2) is 72.1 Å². The first kappa shape index (κ1) is 24.9. The van der Waals surface area contributed by atoms with E-state index in [1.54, 1.807) is 14.0 Å². The molecule has 8 nitrogen and oxygen atoms in total. The number of ether oxygens (including phenoxy) is 2. The number of carbonyl (C=O) groups is 2. The lowest BCUT2D eigenvalue weighted by atomic mass is 9.79. The quantitative estimate of drug-likeness (QED) is 0.503. The number of carbonyl (C=O) groups excluding carboxylic acids is 2. The Morgan fingerprint density at radius 3 is 2.66 bits per heavy atom. The van der Waals surface area contributed by atoms with Crippen molar-refractivity contribution in [3.63, 3.8) is 0 Å². The van der Waals surface area contributed by atoms with Crippen LogP contribution < -0.4 is 10.1 Å². The van der Waals surface area contributed by atoms with E-state index in [-0.39, 0.29) is 36.0 Å². The molecule has 1 amide bonds. The third kappa shape index (κ3) is 4.35. The number of methoxy groups -OCH3 is 2. The van der Waals surface area contributed by atoms with E-state index in [2.05, 4.69) is 56.5 Å². The number of aromatic amines is 1. The highest BCUT2D eigenvalue weighted by Crippen LogP contribution is 2.50. The fourth-order valence-corrected chi connectivity index (χ4v) is 7.12. The van der Waals surface area contributed by atoms with Crippen LogP contribution in [0.4, 0.5) is 0 Å². The third-order valence-corrected chi connectivity index (χ3v) is 8.74. The Hall–Kier alpha value is -3.36. The molecule has 3 aliphatic rings. The number of benzene rings is 2. The molecule has 5 atom stereocenters. The summed E-state index contributed by atoms with van der Waals surface area (Å²) in [6, 6.07) is 16.8. The molecule has 0 unspecified atom stereocenters. The lowest BCUT2D eigenvalue weighted by molar-refractivity contribution is -0.152. The van der Waals surface area contributed by atoms with E-state index in [9.17, 15) is 9.59 Å². The van der Waals surface area contributed by atoms with E-state index < -0.39 is 0 Å². The molecule has 2 saturated heterocycles. The monoisotopic (exact) mass is 516 g/mol. The second-order valence-electron chi connectivity index (χ2n) is 10.9. The normalized spacial score (nSPS) is 27.5. The summed E-state index contributed by atoms with van der Waals surface area (Å²) in [4.78, 5) is 33.7. The lowest BCUT2D eigenvalue weighted by Crippen LogP contribution is -2.56. The summed E-state index contributed by atoms with van der Waals surface area (Å²) in [7, 11) is 3.18. The van der Waals surface area contributed by atoms with Crippen LogP contribution in [0.5, 0.6) is 5.75 Å². The number of hydrogen-bond acceptors (Lipinski definition) is 6. The molecule has 0 radical (unpaired) electrons. The summed E-state index contributed by atoms with van der Waals surface area (Å²) in [5.41, 5.74) is 4.68. The van der Waals surface area contributed by atoms with Gasteiger partial charge >= 0.3 is 5.97 Å². The molecule has 2 aromatic carbocycles. The molecule has 200 valence electrons. The molecule has 4 heterocycles. The fourth-order valence-electron chi connectivity index (χ4n) is 7.12. The molecular formula is C30H36N4O4. The molecule has 0 aliphatic carbocycles. The number of nitrogens with one attached hydrogen (secondary N) is 2. The van der Waals surface area contributed by atoms with E-state index in [1.807, 2.05) is 12.1 Å². The summed E-state index contributed by atoms with van der Waals surface area (Å²) in [5, 5.41) is 4.30. The number of fused-ring (bicyclic) bond motifs is 5. The number of amides is 1. The lowest BCUT2D eigenvalue weighted by Gasteiger charge is -2.52. The minimum atomic E-state index is -0.375. The van der Waals surface area contributed by atoms with Crippen LogP contribution in [0, 0.1) is 0 Å². The zero-order valence-electron chi connectivity index (χ0n) is 22.3. The molecular weight excluding hydrogens is 480 g/mol. The number of H-pyrrole nitrogens is 1. The molecule has 3 aliphatic heterocycles. The number of esters is 1. The van der Waals surface area contributed by atoms with Gasteiger partial charge < -0.3 is 19.8 Å². The summed E-state index contributed by atoms with van der Waals surface area (Å²) in [5.74, 6) is 0.645. The maximum atomic E-state index is 13.3. The molecule has 38 heavy (non-hydrogen) atoms. The Kier molecular flexibility index (Phi) is 6.61. The second kappa shape index (κ2) is 10.1. The molecule has 6 rings (SSSR count). The second-order valence-corrected chi connectivity index (χ2v) is 10.9. The highest BCUT2D eigenvalue weighted by atomic mass is 16.5. The van der Waals surface area contributed by atoms with Gasteiger partial charge in [-0.2, -0.15) is 0 Å². The van der Waals surface area contributed by atoms with Crippen molar-refractivity contribution in [1.29, 1.82) is 0 Å². The predicted molar refractivity (Wildman–Crippen MR) is 145 cm³/mol. The van der Waals surface area contributed by atoms with Gasteiger partial charge in [0.15, 0.2) is 0 Å². The van der Waals surface area contributed by atoms with Crippen LogP contribution in [0.2, 0.25) is 0 Å². The summed E-state index contributed by atoms with van der Waals surface area (Å²) in [6.45, 7) is 3.39. The Balaban J connectivity index is 1.44. The van der Waals surface area contributed by atoms with Crippen molar-refractivity contribution in [2.24, 2.45) is 0 Å². The van der Waals surface area contributed by atoms with Crippen molar-refractivity contribution < 1.29 is 19.1 Å². The molecule has 2 fully saturated rings. The molecule has 0 spiro atoms. The van der Waals surface area contributed by atoms with Gasteiger partial charge in [0, 0.05) is 61.2 Å². The first-order valence-corrected chi connectivity index (χ1v) is 13.6. The van der Waals surface area contributed by atoms with Crippen LogP contribution in [-0.2, 0) is 20.7 Å². The first-order valence-electron chi connectivity index (χ1n) is 13.6. The van der Waals surface area contributed by atoms with Crippen molar-refractivity contribution >= 4 is 22.8 Å². The minimum Gasteiger partial charge on any atom is -0.497 e. The van der Waals surface area contributed by atoms with Crippen molar-refractivity contribution in [1.82, 2.24) is 20.1 Å². The van der Waals surface area contributed by atoms with Gasteiger partial charge in [0.25, 0.3) is 0 Å². The van der Waals surface area contributed by atoms with Crippen LogP contribution in [0.15, 0.2) is 48.5 Å². The van der Waals surface area contributed by atoms with E-state index in [0.29, 0.717) is 12.5 Å². The summed E-state index contributed by atoms with van der Waals surface area (Å²) < 4.78 is 11.0. The molecule has 8 heteroatoms. The van der Waals surface area contributed by atoms with Crippen molar-refractivity contribution in [2.75, 3.05) is 27.3 Å². The van der Waals surface area contributed by atoms with Crippen LogP contribution in [0.1, 0.15) is 55.1 Å². The van der Waals surface area contributed by atoms with Gasteiger partial charge in [-0.25, -0.2) is 0 Å². The number of hydrogen-bond donors (Lipinski definition) is 2. The Labute approximate surface area is 223 Å². The SMILES string of the molecule is COC(=O)[C@@H]1Cc2c([nH]c3ccccc23)[C@H]2C[C@@H](N3CC[C@H](NC(C)=O)C3)C[C@@H](c3cccc(OC)c3)N21. The van der Waals surface area contributed by atoms with Crippen molar-refractivity contribution in [3.8, 4) is 5.75 Å². The first-order chi connectivity index (χ1) is 18.5. The molecule has 0 bridgehead atoms. The van der Waals surface area contributed by atoms with Crippen LogP contribution in [0.3, 0.4) is 0 Å². The standard InChI is InChI=1S/C30H36N4O4/c1-18(35)31-20-11-12-33(17-20)21-14-26(19-7-6-8-22(13-19)37-2)34-27(15-21)29-24(16-28(34)30(36)38-3)23-9-4-5-10-25(23)32-29/h4-10,13,20-21,26-28,32H,11-12,14-17H2,1-3H3,(H,31,35)/t20-,21-,26-,27+,28-/m0/s1. The summed E-state index contributed by atoms with van der Waals surface area (Å²) >= 11 is 0. The molecule has 1 aromatic heterocycles. The zero-order chi connectivity index (χ0) is 26.4. The maximum Gasteiger partial charge on any atom is 0.323 e. The topological polar surface area (TPSA) is 86.9 Å². The number of likely N-dealkylation sites (tertiary alicyclic amines) is 1. The van der Waals surface area contributed by atoms with Crippen molar-refractivity contribution in [3.05, 3.63) is 65.4 Å². The van der Waals surface area contributed by atoms with Gasteiger partial charge in [0.05, 0.1) is 20.3 Å². The van der Waals surface area contributed by atoms with Gasteiger partial charge in [-0.1, -0.05) is 30.3 Å².